The van der Waals surface area contributed by atoms with Crippen LogP contribution in [0.5, 0.6) is 5.75 Å². The molecule has 0 saturated heterocycles. The van der Waals surface area contributed by atoms with E-state index in [1.54, 1.807) is 11.8 Å². The zero-order chi connectivity index (χ0) is 26.3. The maximum absolute atomic E-state index is 13.0. The highest BCUT2D eigenvalue weighted by Crippen LogP contribution is 2.27. The second-order valence-electron chi connectivity index (χ2n) is 8.10. The van der Waals surface area contributed by atoms with Crippen molar-refractivity contribution in [2.45, 2.75) is 19.3 Å². The number of ether oxygens (including phenoxy) is 1. The summed E-state index contributed by atoms with van der Waals surface area (Å²) >= 11 is 3.13. The molecule has 1 aliphatic heterocycles. The highest BCUT2D eigenvalue weighted by Gasteiger charge is 2.24. The molecule has 14 heteroatoms. The fraction of sp³-hybridized carbons (Fsp3) is 0.208. The topological polar surface area (TPSA) is 159 Å². The number of hydrazone groups is 1. The fourth-order valence-electron chi connectivity index (χ4n) is 3.40. The molecule has 1 amide bonds. The number of nitrogen functional groups attached to an aromatic ring is 1. The number of aliphatic imine (C=N–C) groups is 1. The first-order valence-corrected chi connectivity index (χ1v) is 13.5. The summed E-state index contributed by atoms with van der Waals surface area (Å²) in [6, 6.07) is 15.6. The first kappa shape index (κ1) is 25.5. The van der Waals surface area contributed by atoms with Crippen molar-refractivity contribution < 1.29 is 14.2 Å². The fourth-order valence-corrected chi connectivity index (χ4v) is 5.40. The third kappa shape index (κ3) is 6.20. The summed E-state index contributed by atoms with van der Waals surface area (Å²) in [7, 11) is 0. The van der Waals surface area contributed by atoms with E-state index in [1.165, 1.54) is 28.2 Å². The van der Waals surface area contributed by atoms with Crippen LogP contribution in [0.4, 0.5) is 5.82 Å². The summed E-state index contributed by atoms with van der Waals surface area (Å²) in [6.45, 7) is 3.26. The van der Waals surface area contributed by atoms with Gasteiger partial charge in [0, 0.05) is 11.5 Å². The third-order valence-electron chi connectivity index (χ3n) is 5.33. The van der Waals surface area contributed by atoms with Crippen LogP contribution in [0.1, 0.15) is 32.9 Å². The van der Waals surface area contributed by atoms with E-state index < -0.39 is 5.91 Å². The van der Waals surface area contributed by atoms with Gasteiger partial charge >= 0.3 is 0 Å². The molecule has 0 radical (unpaired) electrons. The Kier molecular flexibility index (Phi) is 7.99. The lowest BCUT2D eigenvalue weighted by Crippen LogP contribution is -2.20. The van der Waals surface area contributed by atoms with Crippen molar-refractivity contribution in [3.63, 3.8) is 0 Å². The molecule has 12 nitrogen and oxygen atoms in total. The summed E-state index contributed by atoms with van der Waals surface area (Å²) < 4.78 is 12.8. The number of anilines is 1. The molecule has 38 heavy (non-hydrogen) atoms. The third-order valence-corrected chi connectivity index (χ3v) is 7.59. The maximum atomic E-state index is 13.0. The molecular weight excluding hydrogens is 526 g/mol. The Bertz CT molecular complexity index is 1480. The predicted molar refractivity (Wildman–Crippen MR) is 147 cm³/mol. The van der Waals surface area contributed by atoms with E-state index in [-0.39, 0.29) is 17.3 Å². The number of rotatable bonds is 9. The van der Waals surface area contributed by atoms with Gasteiger partial charge in [0.25, 0.3) is 5.91 Å². The Labute approximate surface area is 226 Å². The van der Waals surface area contributed by atoms with Crippen LogP contribution >= 0.6 is 23.5 Å². The highest BCUT2D eigenvalue weighted by molar-refractivity contribution is 8.38. The Morgan fingerprint density at radius 1 is 1.29 bits per heavy atom. The Morgan fingerprint density at radius 3 is 2.92 bits per heavy atom. The van der Waals surface area contributed by atoms with Crippen molar-refractivity contribution in [1.29, 1.82) is 0 Å². The average molecular weight is 550 g/mol. The molecule has 4 aromatic rings. The smallest absolute Gasteiger partial charge is 0.293 e. The number of hydrogen-bond donors (Lipinski definition) is 2. The quantitative estimate of drug-likeness (QED) is 0.234. The van der Waals surface area contributed by atoms with Crippen molar-refractivity contribution in [3.8, 4) is 11.6 Å². The largest absolute Gasteiger partial charge is 0.489 e. The van der Waals surface area contributed by atoms with Crippen LogP contribution in [0.3, 0.4) is 0 Å². The van der Waals surface area contributed by atoms with Gasteiger partial charge in [0.1, 0.15) is 16.7 Å². The lowest BCUT2D eigenvalue weighted by molar-refractivity contribution is 0.0949. The van der Waals surface area contributed by atoms with Crippen molar-refractivity contribution >= 4 is 45.8 Å². The lowest BCUT2D eigenvalue weighted by Gasteiger charge is -2.07. The molecule has 5 rings (SSSR count). The van der Waals surface area contributed by atoms with Gasteiger partial charge in [-0.3, -0.25) is 9.79 Å². The number of aryl methyl sites for hydroxylation is 1. The summed E-state index contributed by atoms with van der Waals surface area (Å²) in [4.78, 5) is 17.4. The molecule has 0 unspecified atom stereocenters. The molecule has 2 aromatic heterocycles. The number of benzene rings is 2. The van der Waals surface area contributed by atoms with Crippen LogP contribution in [0.2, 0.25) is 0 Å². The molecule has 3 heterocycles. The van der Waals surface area contributed by atoms with Crippen LogP contribution in [0, 0.1) is 6.92 Å². The van der Waals surface area contributed by atoms with E-state index in [0.29, 0.717) is 23.8 Å². The molecule has 0 bridgehead atoms. The van der Waals surface area contributed by atoms with E-state index in [2.05, 4.69) is 36.1 Å². The average Bonchev–Trinajstić information content (AvgIpc) is 3.68. The van der Waals surface area contributed by atoms with Gasteiger partial charge in [-0.15, -0.1) is 5.10 Å². The number of carbonyl (C=O) groups excluding carboxylic acids is 1. The summed E-state index contributed by atoms with van der Waals surface area (Å²) in [5, 5.41) is 19.5. The first-order chi connectivity index (χ1) is 18.6. The summed E-state index contributed by atoms with van der Waals surface area (Å²) in [5.74, 6) is 1.63. The number of aromatic nitrogens is 5. The Balaban J connectivity index is 1.26. The minimum Gasteiger partial charge on any atom is -0.489 e. The van der Waals surface area contributed by atoms with Crippen LogP contribution in [-0.2, 0) is 12.4 Å². The van der Waals surface area contributed by atoms with Crippen molar-refractivity contribution in [2.24, 2.45) is 10.1 Å². The molecule has 2 aromatic carbocycles. The van der Waals surface area contributed by atoms with Crippen molar-refractivity contribution in [2.75, 3.05) is 18.0 Å². The van der Waals surface area contributed by atoms with Gasteiger partial charge in [-0.25, -0.2) is 10.1 Å². The van der Waals surface area contributed by atoms with Crippen LogP contribution < -0.4 is 15.9 Å². The standard InChI is InChI=1S/C24H23N9O3S2/c1-15-5-7-16(8-6-15)13-35-18-4-2-3-17(11-18)12-27-29-23(34)20-19(14-38-24-26-9-10-37-24)33(32-28-20)22-21(25)30-36-31-22/h2-8,11-12H,9-10,13-14H2,1H3,(H2,25,30)(H,29,34)/b27-12-. The molecule has 3 N–H and O–H groups in total. The van der Waals surface area contributed by atoms with Crippen molar-refractivity contribution in [1.82, 2.24) is 30.7 Å². The molecule has 1 aliphatic rings. The van der Waals surface area contributed by atoms with E-state index in [1.807, 2.05) is 55.5 Å². The second-order valence-corrected chi connectivity index (χ2v) is 10.4. The molecule has 0 fully saturated rings. The number of nitrogens with two attached hydrogens (primary N) is 1. The molecule has 194 valence electrons. The van der Waals surface area contributed by atoms with Gasteiger partial charge in [0.05, 0.1) is 18.5 Å². The van der Waals surface area contributed by atoms with Gasteiger partial charge in [0.2, 0.25) is 11.6 Å². The van der Waals surface area contributed by atoms with E-state index >= 15 is 0 Å². The zero-order valence-electron chi connectivity index (χ0n) is 20.3. The van der Waals surface area contributed by atoms with Crippen LogP contribution in [0.25, 0.3) is 5.82 Å². The summed E-state index contributed by atoms with van der Waals surface area (Å²) in [5.41, 5.74) is 11.9. The monoisotopic (exact) mass is 549 g/mol. The number of nitrogens with one attached hydrogen (secondary N) is 1. The Morgan fingerprint density at radius 2 is 2.16 bits per heavy atom. The molecule has 0 atom stereocenters. The van der Waals surface area contributed by atoms with Gasteiger partial charge in [-0.05, 0) is 40.5 Å². The van der Waals surface area contributed by atoms with E-state index in [9.17, 15) is 4.79 Å². The molecule has 0 aliphatic carbocycles. The highest BCUT2D eigenvalue weighted by atomic mass is 32.2. The van der Waals surface area contributed by atoms with E-state index in [0.717, 1.165) is 27.8 Å². The van der Waals surface area contributed by atoms with Gasteiger partial charge in [-0.1, -0.05) is 70.7 Å². The van der Waals surface area contributed by atoms with Gasteiger partial charge in [0.15, 0.2) is 5.69 Å². The summed E-state index contributed by atoms with van der Waals surface area (Å²) in [6.07, 6.45) is 1.53. The number of carbonyl (C=O) groups is 1. The zero-order valence-corrected chi connectivity index (χ0v) is 21.9. The van der Waals surface area contributed by atoms with Crippen molar-refractivity contribution in [3.05, 3.63) is 76.6 Å². The molecular formula is C24H23N9O3S2. The minimum absolute atomic E-state index is 0.0307. The van der Waals surface area contributed by atoms with Gasteiger partial charge in [-0.2, -0.15) is 9.78 Å². The van der Waals surface area contributed by atoms with Gasteiger partial charge < -0.3 is 10.5 Å². The predicted octanol–water partition coefficient (Wildman–Crippen LogP) is 3.22. The first-order valence-electron chi connectivity index (χ1n) is 11.5. The number of hydrogen-bond acceptors (Lipinski definition) is 12. The number of thioether (sulfide) groups is 2. The molecule has 0 spiro atoms. The minimum atomic E-state index is -0.536. The lowest BCUT2D eigenvalue weighted by atomic mass is 10.2. The maximum Gasteiger partial charge on any atom is 0.293 e. The molecule has 0 saturated carbocycles. The van der Waals surface area contributed by atoms with Crippen LogP contribution in [-0.4, -0.2) is 54.1 Å². The van der Waals surface area contributed by atoms with E-state index in [4.69, 9.17) is 15.1 Å². The number of amides is 1. The normalized spacial score (nSPS) is 13.1. The second kappa shape index (κ2) is 11.9. The number of nitrogens with zero attached hydrogens (tertiary/aromatic N) is 7. The Hall–Kier alpha value is -4.17. The van der Waals surface area contributed by atoms with Crippen LogP contribution in [0.15, 0.2) is 63.3 Å². The SMILES string of the molecule is Cc1ccc(COc2cccc(/C=N\NC(=O)c3nnn(-c4nonc4N)c3CSC3=NCCS3)c2)cc1.